The number of amides is 1. The molecule has 0 aliphatic heterocycles. The Morgan fingerprint density at radius 1 is 1.19 bits per heavy atom. The summed E-state index contributed by atoms with van der Waals surface area (Å²) in [5, 5.41) is 4.81. The number of carbonyl (C=O) groups excluding carboxylic acids is 2. The number of anilines is 1. The van der Waals surface area contributed by atoms with E-state index >= 15 is 0 Å². The van der Waals surface area contributed by atoms with Crippen LogP contribution < -0.4 is 20.3 Å². The lowest BCUT2D eigenvalue weighted by Crippen LogP contribution is -2.34. The minimum atomic E-state index is -0.507. The molecule has 0 unspecified atom stereocenters. The third-order valence-corrected chi connectivity index (χ3v) is 5.65. The molecule has 2 heterocycles. The van der Waals surface area contributed by atoms with E-state index in [-0.39, 0.29) is 24.6 Å². The van der Waals surface area contributed by atoms with E-state index in [0.717, 1.165) is 0 Å². The van der Waals surface area contributed by atoms with Crippen molar-refractivity contribution in [1.29, 1.82) is 0 Å². The van der Waals surface area contributed by atoms with E-state index in [2.05, 4.69) is 15.3 Å². The van der Waals surface area contributed by atoms with Crippen LogP contribution in [0.2, 0.25) is 0 Å². The summed E-state index contributed by atoms with van der Waals surface area (Å²) in [6.07, 6.45) is 0. The zero-order chi connectivity index (χ0) is 23.3. The minimum absolute atomic E-state index is 0.0423. The quantitative estimate of drug-likeness (QED) is 0.466. The molecule has 2 aromatic heterocycles. The number of carbonyl (C=O) groups is 2. The van der Waals surface area contributed by atoms with Crippen LogP contribution in [0, 0.1) is 0 Å². The third-order valence-electron chi connectivity index (χ3n) is 4.76. The summed E-state index contributed by atoms with van der Waals surface area (Å²) < 4.78 is 15.3. The van der Waals surface area contributed by atoms with Crippen LogP contribution in [0.15, 0.2) is 28.4 Å². The Morgan fingerprint density at radius 2 is 1.91 bits per heavy atom. The number of aromatic amines is 1. The predicted molar refractivity (Wildman–Crippen MR) is 121 cm³/mol. The molecule has 0 aliphatic carbocycles. The highest BCUT2D eigenvalue weighted by Crippen LogP contribution is 2.30. The summed E-state index contributed by atoms with van der Waals surface area (Å²) >= 11 is 1.19. The topological polar surface area (TPSA) is 123 Å². The van der Waals surface area contributed by atoms with Crippen LogP contribution in [0.25, 0.3) is 10.9 Å². The number of aromatic nitrogens is 2. The molecule has 1 amide bonds. The van der Waals surface area contributed by atoms with Crippen molar-refractivity contribution in [2.24, 2.45) is 0 Å². The molecule has 32 heavy (non-hydrogen) atoms. The number of H-pyrrole nitrogens is 1. The smallest absolute Gasteiger partial charge is 0.350 e. The molecule has 10 nitrogen and oxygen atoms in total. The normalized spacial score (nSPS) is 10.9. The number of nitrogens with zero attached hydrogens (tertiary/aromatic N) is 2. The second-order valence-corrected chi connectivity index (χ2v) is 7.66. The molecule has 1 aromatic carbocycles. The molecule has 2 N–H and O–H groups in total. The van der Waals surface area contributed by atoms with Crippen molar-refractivity contribution in [1.82, 2.24) is 14.9 Å². The fourth-order valence-electron chi connectivity index (χ4n) is 3.13. The summed E-state index contributed by atoms with van der Waals surface area (Å²) in [4.78, 5) is 46.3. The van der Waals surface area contributed by atoms with Gasteiger partial charge in [0.2, 0.25) is 5.91 Å². The van der Waals surface area contributed by atoms with Crippen LogP contribution in [0.5, 0.6) is 11.5 Å². The van der Waals surface area contributed by atoms with Crippen molar-refractivity contribution < 1.29 is 23.8 Å². The largest absolute Gasteiger partial charge is 0.493 e. The number of likely N-dealkylation sites (N-methyl/N-ethyl adjacent to an activating group) is 1. The fraction of sp³-hybridized carbons (Fsp3) is 0.333. The van der Waals surface area contributed by atoms with Crippen LogP contribution in [-0.4, -0.2) is 61.2 Å². The number of hydrogen-bond acceptors (Lipinski definition) is 9. The number of fused-ring (bicyclic) bond motifs is 1. The Hall–Kier alpha value is -3.44. The molecule has 0 spiro atoms. The Balaban J connectivity index is 1.76. The number of nitrogens with one attached hydrogen (secondary N) is 2. The number of thiophene rings is 1. The van der Waals surface area contributed by atoms with Gasteiger partial charge in [-0.3, -0.25) is 14.5 Å². The zero-order valence-electron chi connectivity index (χ0n) is 18.2. The van der Waals surface area contributed by atoms with Crippen molar-refractivity contribution in [2.45, 2.75) is 13.5 Å². The molecule has 0 saturated carbocycles. The van der Waals surface area contributed by atoms with E-state index in [4.69, 9.17) is 14.2 Å². The highest BCUT2D eigenvalue weighted by atomic mass is 32.1. The molecule has 3 rings (SSSR count). The number of methoxy groups -OCH3 is 3. The molecule has 170 valence electrons. The van der Waals surface area contributed by atoms with Gasteiger partial charge in [-0.15, -0.1) is 11.3 Å². The lowest BCUT2D eigenvalue weighted by molar-refractivity contribution is -0.117. The van der Waals surface area contributed by atoms with Crippen molar-refractivity contribution in [2.75, 3.05) is 39.7 Å². The van der Waals surface area contributed by atoms with Gasteiger partial charge in [0.25, 0.3) is 5.56 Å². The minimum Gasteiger partial charge on any atom is -0.493 e. The van der Waals surface area contributed by atoms with Crippen LogP contribution in [0.3, 0.4) is 0 Å². The molecule has 0 saturated heterocycles. The maximum Gasteiger partial charge on any atom is 0.350 e. The number of esters is 1. The molecule has 0 fully saturated rings. The SMILES string of the molecule is CCN(CC(=O)Nc1ccsc1C(=O)OC)Cc1nc2cc(OC)c(OC)cc2c(=O)[nH]1. The maximum atomic E-state index is 12.6. The first-order valence-electron chi connectivity index (χ1n) is 9.73. The first-order chi connectivity index (χ1) is 15.4. The van der Waals surface area contributed by atoms with Gasteiger partial charge in [0, 0.05) is 6.07 Å². The molecular weight excluding hydrogens is 436 g/mol. The molecule has 0 atom stereocenters. The van der Waals surface area contributed by atoms with Gasteiger partial charge in [0.05, 0.1) is 51.0 Å². The van der Waals surface area contributed by atoms with Crippen LogP contribution >= 0.6 is 11.3 Å². The van der Waals surface area contributed by atoms with Gasteiger partial charge in [-0.25, -0.2) is 9.78 Å². The highest BCUT2D eigenvalue weighted by Gasteiger charge is 2.18. The fourth-order valence-corrected chi connectivity index (χ4v) is 3.90. The summed E-state index contributed by atoms with van der Waals surface area (Å²) in [6, 6.07) is 4.87. The number of benzene rings is 1. The first kappa shape index (κ1) is 23.2. The van der Waals surface area contributed by atoms with E-state index < -0.39 is 5.97 Å². The second-order valence-electron chi connectivity index (χ2n) is 6.74. The van der Waals surface area contributed by atoms with Crippen molar-refractivity contribution in [3.05, 3.63) is 44.6 Å². The monoisotopic (exact) mass is 460 g/mol. The lowest BCUT2D eigenvalue weighted by Gasteiger charge is -2.19. The van der Waals surface area contributed by atoms with E-state index in [1.54, 1.807) is 23.6 Å². The molecule has 0 bridgehead atoms. The maximum absolute atomic E-state index is 12.6. The molecule has 3 aromatic rings. The van der Waals surface area contributed by atoms with Crippen LogP contribution in [0.1, 0.15) is 22.4 Å². The zero-order valence-corrected chi connectivity index (χ0v) is 19.0. The van der Waals surface area contributed by atoms with Gasteiger partial charge in [0.15, 0.2) is 11.5 Å². The van der Waals surface area contributed by atoms with Gasteiger partial charge >= 0.3 is 5.97 Å². The highest BCUT2D eigenvalue weighted by molar-refractivity contribution is 7.12. The number of rotatable bonds is 9. The first-order valence-corrected chi connectivity index (χ1v) is 10.6. The number of hydrogen-bond donors (Lipinski definition) is 2. The Kier molecular flexibility index (Phi) is 7.44. The van der Waals surface area contributed by atoms with Crippen LogP contribution in [0.4, 0.5) is 5.69 Å². The molecular formula is C21H24N4O6S. The molecule has 11 heteroatoms. The third kappa shape index (κ3) is 5.06. The van der Waals surface area contributed by atoms with E-state index in [1.807, 2.05) is 11.8 Å². The molecule has 0 radical (unpaired) electrons. The summed E-state index contributed by atoms with van der Waals surface area (Å²) in [5.74, 6) is 0.507. The van der Waals surface area contributed by atoms with E-state index in [0.29, 0.717) is 45.3 Å². The molecule has 0 aliphatic rings. The van der Waals surface area contributed by atoms with Gasteiger partial charge in [0.1, 0.15) is 10.7 Å². The van der Waals surface area contributed by atoms with E-state index in [1.165, 1.54) is 32.7 Å². The predicted octanol–water partition coefficient (Wildman–Crippen LogP) is 2.25. The van der Waals surface area contributed by atoms with E-state index in [9.17, 15) is 14.4 Å². The van der Waals surface area contributed by atoms with Gasteiger partial charge < -0.3 is 24.5 Å². The summed E-state index contributed by atoms with van der Waals surface area (Å²) in [6.45, 7) is 2.72. The Labute approximate surface area is 188 Å². The lowest BCUT2D eigenvalue weighted by atomic mass is 10.2. The summed E-state index contributed by atoms with van der Waals surface area (Å²) in [7, 11) is 4.29. The average Bonchev–Trinajstić information content (AvgIpc) is 3.25. The summed E-state index contributed by atoms with van der Waals surface area (Å²) in [5.41, 5.74) is 0.552. The second kappa shape index (κ2) is 10.2. The van der Waals surface area contributed by atoms with Crippen molar-refractivity contribution in [3.63, 3.8) is 0 Å². The van der Waals surface area contributed by atoms with Gasteiger partial charge in [-0.1, -0.05) is 6.92 Å². The Bertz CT molecular complexity index is 1190. The van der Waals surface area contributed by atoms with Crippen molar-refractivity contribution in [3.8, 4) is 11.5 Å². The van der Waals surface area contributed by atoms with Gasteiger partial charge in [-0.2, -0.15) is 0 Å². The standard InChI is InChI=1S/C21H24N4O6S/c1-5-25(11-18(26)23-13-6-7-32-19(13)21(28)31-4)10-17-22-14-9-16(30-3)15(29-2)8-12(14)20(27)24-17/h6-9H,5,10-11H2,1-4H3,(H,23,26)(H,22,24,27). The van der Waals surface area contributed by atoms with Crippen molar-refractivity contribution >= 4 is 39.8 Å². The average molecular weight is 461 g/mol. The Morgan fingerprint density at radius 3 is 2.56 bits per heavy atom. The van der Waals surface area contributed by atoms with Crippen LogP contribution in [-0.2, 0) is 16.1 Å². The van der Waals surface area contributed by atoms with Gasteiger partial charge in [-0.05, 0) is 24.1 Å². The number of ether oxygens (including phenoxy) is 3.